The van der Waals surface area contributed by atoms with Crippen LogP contribution in [0.5, 0.6) is 0 Å². The Morgan fingerprint density at radius 1 is 1.44 bits per heavy atom. The van der Waals surface area contributed by atoms with Crippen LogP contribution in [-0.2, 0) is 11.8 Å². The molecule has 18 heavy (non-hydrogen) atoms. The first kappa shape index (κ1) is 12.8. The Hall–Kier alpha value is -1.62. The molecule has 1 aromatic rings. The minimum absolute atomic E-state index is 0.0278. The van der Waals surface area contributed by atoms with Crippen molar-refractivity contribution in [1.29, 1.82) is 0 Å². The summed E-state index contributed by atoms with van der Waals surface area (Å²) in [4.78, 5) is 25.4. The zero-order chi connectivity index (χ0) is 13.3. The smallest absolute Gasteiger partial charge is 0.270 e. The van der Waals surface area contributed by atoms with Crippen LogP contribution in [0.3, 0.4) is 0 Å². The number of ketones is 1. The van der Waals surface area contributed by atoms with Crippen molar-refractivity contribution in [1.82, 2.24) is 9.47 Å². The van der Waals surface area contributed by atoms with Crippen molar-refractivity contribution in [2.45, 2.75) is 20.0 Å². The maximum absolute atomic E-state index is 12.3. The predicted molar refractivity (Wildman–Crippen MR) is 66.7 cm³/mol. The van der Waals surface area contributed by atoms with Crippen molar-refractivity contribution in [2.24, 2.45) is 7.05 Å². The second kappa shape index (κ2) is 4.94. The standard InChI is InChI=1S/C13H18N2O3/c1-9-7-15(4-5-18-9)13(17)12-6-11(10(2)16)8-14(12)3/h6,8-9H,4-5,7H2,1-3H3/t9-/m0/s1. The molecule has 1 amide bonds. The van der Waals surface area contributed by atoms with Crippen LogP contribution in [0.4, 0.5) is 0 Å². The molecule has 5 nitrogen and oxygen atoms in total. The lowest BCUT2D eigenvalue weighted by Crippen LogP contribution is -2.45. The van der Waals surface area contributed by atoms with Crippen molar-refractivity contribution < 1.29 is 14.3 Å². The second-order valence-corrected chi connectivity index (χ2v) is 4.71. The number of carbonyl (C=O) groups excluding carboxylic acids is 2. The molecule has 0 saturated carbocycles. The molecule has 1 aliphatic heterocycles. The molecule has 0 spiro atoms. The molecule has 0 aliphatic carbocycles. The summed E-state index contributed by atoms with van der Waals surface area (Å²) < 4.78 is 7.12. The first-order valence-corrected chi connectivity index (χ1v) is 6.07. The highest BCUT2D eigenvalue weighted by atomic mass is 16.5. The molecule has 1 fully saturated rings. The number of nitrogens with zero attached hydrogens (tertiary/aromatic N) is 2. The zero-order valence-electron chi connectivity index (χ0n) is 11.0. The third-order valence-electron chi connectivity index (χ3n) is 3.16. The van der Waals surface area contributed by atoms with E-state index in [2.05, 4.69) is 0 Å². The zero-order valence-corrected chi connectivity index (χ0v) is 11.0. The number of ether oxygens (including phenoxy) is 1. The fraction of sp³-hybridized carbons (Fsp3) is 0.538. The Balaban J connectivity index is 2.20. The number of carbonyl (C=O) groups is 2. The molecule has 0 N–H and O–H groups in total. The van der Waals surface area contributed by atoms with E-state index in [-0.39, 0.29) is 17.8 Å². The summed E-state index contributed by atoms with van der Waals surface area (Å²) in [6.45, 7) is 5.21. The Bertz CT molecular complexity index is 479. The number of amides is 1. The van der Waals surface area contributed by atoms with E-state index in [1.807, 2.05) is 6.92 Å². The molecular formula is C13H18N2O3. The van der Waals surface area contributed by atoms with Crippen LogP contribution < -0.4 is 0 Å². The van der Waals surface area contributed by atoms with Gasteiger partial charge in [-0.15, -0.1) is 0 Å². The summed E-state index contributed by atoms with van der Waals surface area (Å²) in [6, 6.07) is 1.66. The predicted octanol–water partition coefficient (Wildman–Crippen LogP) is 1.09. The monoisotopic (exact) mass is 250 g/mol. The van der Waals surface area contributed by atoms with Crippen LogP contribution in [-0.4, -0.2) is 47.0 Å². The topological polar surface area (TPSA) is 51.5 Å². The van der Waals surface area contributed by atoms with E-state index < -0.39 is 0 Å². The summed E-state index contributed by atoms with van der Waals surface area (Å²) in [6.07, 6.45) is 1.76. The third-order valence-corrected chi connectivity index (χ3v) is 3.16. The number of Topliss-reactive ketones (excluding diaryl/α,β-unsaturated/α-hetero) is 1. The maximum Gasteiger partial charge on any atom is 0.270 e. The van der Waals surface area contributed by atoms with Crippen LogP contribution in [0.1, 0.15) is 34.7 Å². The highest BCUT2D eigenvalue weighted by Gasteiger charge is 2.24. The first-order chi connectivity index (χ1) is 8.49. The molecule has 5 heteroatoms. The van der Waals surface area contributed by atoms with Gasteiger partial charge in [-0.05, 0) is 19.9 Å². The summed E-state index contributed by atoms with van der Waals surface area (Å²) in [7, 11) is 1.78. The number of aromatic nitrogens is 1. The highest BCUT2D eigenvalue weighted by Crippen LogP contribution is 2.13. The van der Waals surface area contributed by atoms with E-state index in [1.165, 1.54) is 6.92 Å². The molecule has 98 valence electrons. The van der Waals surface area contributed by atoms with Crippen LogP contribution >= 0.6 is 0 Å². The average Bonchev–Trinajstić information content (AvgIpc) is 2.70. The molecule has 1 aromatic heterocycles. The second-order valence-electron chi connectivity index (χ2n) is 4.71. The van der Waals surface area contributed by atoms with Gasteiger partial charge in [0.2, 0.25) is 0 Å². The van der Waals surface area contributed by atoms with Crippen molar-refractivity contribution >= 4 is 11.7 Å². The van der Waals surface area contributed by atoms with Crippen LogP contribution in [0.25, 0.3) is 0 Å². The van der Waals surface area contributed by atoms with E-state index in [4.69, 9.17) is 4.74 Å². The number of hydrogen-bond donors (Lipinski definition) is 0. The highest BCUT2D eigenvalue weighted by molar-refractivity contribution is 5.99. The molecule has 2 heterocycles. The molecule has 0 unspecified atom stereocenters. The SMILES string of the molecule is CC(=O)c1cc(C(=O)N2CCO[C@@H](C)C2)n(C)c1. The number of rotatable bonds is 2. The van der Waals surface area contributed by atoms with Gasteiger partial charge in [0.25, 0.3) is 5.91 Å². The van der Waals surface area contributed by atoms with E-state index in [0.717, 1.165) is 0 Å². The Labute approximate surface area is 106 Å². The fourth-order valence-electron chi connectivity index (χ4n) is 2.13. The Kier molecular flexibility index (Phi) is 3.52. The summed E-state index contributed by atoms with van der Waals surface area (Å²) in [5.41, 5.74) is 1.12. The number of aryl methyl sites for hydroxylation is 1. The average molecular weight is 250 g/mol. The molecule has 0 radical (unpaired) electrons. The fourth-order valence-corrected chi connectivity index (χ4v) is 2.13. The first-order valence-electron chi connectivity index (χ1n) is 6.07. The van der Waals surface area contributed by atoms with Gasteiger partial charge < -0.3 is 14.2 Å². The largest absolute Gasteiger partial charge is 0.375 e. The van der Waals surface area contributed by atoms with Crippen LogP contribution in [0.15, 0.2) is 12.3 Å². The van der Waals surface area contributed by atoms with Gasteiger partial charge in [-0.25, -0.2) is 0 Å². The van der Waals surface area contributed by atoms with Gasteiger partial charge in [-0.3, -0.25) is 9.59 Å². The normalized spacial score (nSPS) is 19.9. The van der Waals surface area contributed by atoms with Gasteiger partial charge >= 0.3 is 0 Å². The van der Waals surface area contributed by atoms with Crippen molar-refractivity contribution in [3.8, 4) is 0 Å². The van der Waals surface area contributed by atoms with Gasteiger partial charge in [-0.2, -0.15) is 0 Å². The molecule has 1 aliphatic rings. The Morgan fingerprint density at radius 2 is 2.17 bits per heavy atom. The van der Waals surface area contributed by atoms with Gasteiger partial charge in [0.1, 0.15) is 5.69 Å². The van der Waals surface area contributed by atoms with Crippen molar-refractivity contribution in [2.75, 3.05) is 19.7 Å². The number of morpholine rings is 1. The lowest BCUT2D eigenvalue weighted by atomic mass is 10.2. The van der Waals surface area contributed by atoms with Gasteiger partial charge in [0.05, 0.1) is 12.7 Å². The van der Waals surface area contributed by atoms with E-state index >= 15 is 0 Å². The summed E-state index contributed by atoms with van der Waals surface area (Å²) in [5.74, 6) is -0.0693. The molecule has 0 aromatic carbocycles. The number of hydrogen-bond acceptors (Lipinski definition) is 3. The van der Waals surface area contributed by atoms with Gasteiger partial charge in [0.15, 0.2) is 5.78 Å². The lowest BCUT2D eigenvalue weighted by Gasteiger charge is -2.31. The molecule has 0 bridgehead atoms. The minimum Gasteiger partial charge on any atom is -0.375 e. The quantitative estimate of drug-likeness (QED) is 0.738. The van der Waals surface area contributed by atoms with Crippen molar-refractivity contribution in [3.05, 3.63) is 23.5 Å². The van der Waals surface area contributed by atoms with E-state index in [9.17, 15) is 9.59 Å². The van der Waals surface area contributed by atoms with Crippen molar-refractivity contribution in [3.63, 3.8) is 0 Å². The summed E-state index contributed by atoms with van der Waals surface area (Å²) >= 11 is 0. The van der Waals surface area contributed by atoms with Gasteiger partial charge in [0, 0.05) is 31.9 Å². The molecule has 1 atom stereocenters. The molecule has 2 rings (SSSR count). The van der Waals surface area contributed by atoms with E-state index in [0.29, 0.717) is 31.0 Å². The molecule has 1 saturated heterocycles. The molecular weight excluding hydrogens is 232 g/mol. The van der Waals surface area contributed by atoms with Crippen LogP contribution in [0.2, 0.25) is 0 Å². The lowest BCUT2D eigenvalue weighted by molar-refractivity contribution is -0.0127. The minimum atomic E-state index is -0.0415. The Morgan fingerprint density at radius 3 is 2.72 bits per heavy atom. The van der Waals surface area contributed by atoms with Gasteiger partial charge in [-0.1, -0.05) is 0 Å². The van der Waals surface area contributed by atoms with E-state index in [1.54, 1.807) is 28.8 Å². The third kappa shape index (κ3) is 2.46. The summed E-state index contributed by atoms with van der Waals surface area (Å²) in [5, 5.41) is 0. The van der Waals surface area contributed by atoms with Crippen LogP contribution in [0, 0.1) is 0 Å². The maximum atomic E-state index is 12.3.